The van der Waals surface area contributed by atoms with Gasteiger partial charge in [0.1, 0.15) is 0 Å². The zero-order valence-corrected chi connectivity index (χ0v) is 35.9. The first-order valence-electron chi connectivity index (χ1n) is 20.3. The molecule has 1 aromatic rings. The summed E-state index contributed by atoms with van der Waals surface area (Å²) in [6.45, 7) is 12.5. The number of carboxylic acids is 3. The number of rotatable bonds is 28. The number of hydrogen-bond acceptors (Lipinski definition) is 3. The van der Waals surface area contributed by atoms with Crippen LogP contribution in [0.3, 0.4) is 0 Å². The molecule has 0 aliphatic heterocycles. The predicted octanol–water partition coefficient (Wildman–Crippen LogP) is 13.0. The second kappa shape index (κ2) is 40.9. The first kappa shape index (κ1) is 51.8. The molecule has 0 radical (unpaired) electrons. The summed E-state index contributed by atoms with van der Waals surface area (Å²) in [4.78, 5) is 28.8. The molecule has 0 aromatic heterocycles. The second-order valence-corrected chi connectivity index (χ2v) is 26.9. The van der Waals surface area contributed by atoms with Crippen molar-refractivity contribution in [2.75, 3.05) is 0 Å². The van der Waals surface area contributed by atoms with Crippen LogP contribution >= 0.6 is 0 Å². The van der Waals surface area contributed by atoms with Gasteiger partial charge >= 0.3 is 220 Å². The van der Waals surface area contributed by atoms with Crippen molar-refractivity contribution in [3.63, 3.8) is 0 Å². The maximum absolute atomic E-state index is 9.60. The number of benzene rings is 1. The van der Waals surface area contributed by atoms with E-state index < -0.39 is 36.3 Å². The van der Waals surface area contributed by atoms with Crippen LogP contribution in [0.1, 0.15) is 196 Å². The average Bonchev–Trinajstić information content (AvgIpc) is 3.06. The van der Waals surface area contributed by atoms with Crippen LogP contribution in [-0.2, 0) is 14.4 Å². The van der Waals surface area contributed by atoms with E-state index in [4.69, 9.17) is 15.3 Å². The molecule has 1 aromatic carbocycles. The number of carbonyl (C=O) groups is 3. The zero-order valence-electron chi connectivity index (χ0n) is 33.0. The molecule has 0 saturated heterocycles. The van der Waals surface area contributed by atoms with Crippen molar-refractivity contribution >= 4 is 39.9 Å². The third-order valence-corrected chi connectivity index (χ3v) is 24.5. The Labute approximate surface area is 307 Å². The van der Waals surface area contributed by atoms with E-state index >= 15 is 0 Å². The molecule has 0 spiro atoms. The Balaban J connectivity index is -0.000000953. The summed E-state index contributed by atoms with van der Waals surface area (Å²) in [5.41, 5.74) is 0. The molecular weight excluding hydrogens is 719 g/mol. The van der Waals surface area contributed by atoms with Crippen LogP contribution in [-0.4, -0.2) is 51.6 Å². The van der Waals surface area contributed by atoms with Gasteiger partial charge in [-0.15, -0.1) is 0 Å². The van der Waals surface area contributed by atoms with Gasteiger partial charge in [-0.1, -0.05) is 20.8 Å². The fourth-order valence-corrected chi connectivity index (χ4v) is 21.1. The van der Waals surface area contributed by atoms with Crippen LogP contribution in [0.4, 0.5) is 0 Å². The molecule has 6 nitrogen and oxygen atoms in total. The average molecular weight is 800 g/mol. The molecule has 288 valence electrons. The Kier molecular flexibility index (Phi) is 43.2. The van der Waals surface area contributed by atoms with E-state index in [1.165, 1.54) is 116 Å². The van der Waals surface area contributed by atoms with E-state index in [0.717, 1.165) is 19.3 Å². The van der Waals surface area contributed by atoms with Crippen molar-refractivity contribution in [2.45, 2.75) is 209 Å². The maximum atomic E-state index is 9.60. The van der Waals surface area contributed by atoms with Gasteiger partial charge in [0.05, 0.1) is 0 Å². The zero-order chi connectivity index (χ0) is 37.4. The molecule has 0 bridgehead atoms. The Hall–Kier alpha value is -1.57. The van der Waals surface area contributed by atoms with Gasteiger partial charge in [-0.25, -0.2) is 0 Å². The molecule has 0 aliphatic carbocycles. The number of unbranched alkanes of at least 4 members (excludes halogenated alkanes) is 15. The molecule has 0 amide bonds. The van der Waals surface area contributed by atoms with Gasteiger partial charge in [-0.2, -0.15) is 0 Å². The SMILES string of the molecule is CCCC(=O)O.CCCC(=O)O.CCCC(=O)O.CCCCCCC[CH2][Sn]([CH2]CCCCCCC)([CH2]CCCCCCC)[c]1ccccc1. The quantitative estimate of drug-likeness (QED) is 0.0575. The van der Waals surface area contributed by atoms with Gasteiger partial charge in [0.25, 0.3) is 0 Å². The van der Waals surface area contributed by atoms with E-state index in [-0.39, 0.29) is 0 Å². The third kappa shape index (κ3) is 39.1. The van der Waals surface area contributed by atoms with Crippen LogP contribution in [0.2, 0.25) is 13.3 Å². The summed E-state index contributed by atoms with van der Waals surface area (Å²) in [5.74, 6) is -2.13. The topological polar surface area (TPSA) is 112 Å². The monoisotopic (exact) mass is 800 g/mol. The van der Waals surface area contributed by atoms with Crippen molar-refractivity contribution in [3.8, 4) is 0 Å². The Bertz CT molecular complexity index is 766. The number of aliphatic carboxylic acids is 3. The molecule has 0 fully saturated rings. The summed E-state index contributed by atoms with van der Waals surface area (Å²) >= 11 is -2.30. The van der Waals surface area contributed by atoms with Crippen LogP contribution in [0.15, 0.2) is 30.3 Å². The van der Waals surface area contributed by atoms with E-state index in [9.17, 15) is 14.4 Å². The second-order valence-electron chi connectivity index (χ2n) is 13.6. The molecule has 0 saturated carbocycles. The predicted molar refractivity (Wildman–Crippen MR) is 214 cm³/mol. The minimum atomic E-state index is -2.30. The van der Waals surface area contributed by atoms with Crippen LogP contribution in [0.5, 0.6) is 0 Å². The van der Waals surface area contributed by atoms with Crippen LogP contribution in [0.25, 0.3) is 0 Å². The van der Waals surface area contributed by atoms with Crippen LogP contribution < -0.4 is 3.58 Å². The van der Waals surface area contributed by atoms with Gasteiger partial charge in [-0.3, -0.25) is 14.4 Å². The summed E-state index contributed by atoms with van der Waals surface area (Å²) in [6.07, 6.45) is 29.2. The molecule has 3 N–H and O–H groups in total. The van der Waals surface area contributed by atoms with Gasteiger partial charge in [0, 0.05) is 19.3 Å². The Morgan fingerprint density at radius 3 is 0.898 bits per heavy atom. The fraction of sp³-hybridized carbons (Fsp3) is 0.786. The summed E-state index contributed by atoms with van der Waals surface area (Å²) in [7, 11) is 0. The molecule has 49 heavy (non-hydrogen) atoms. The Morgan fingerprint density at radius 2 is 0.673 bits per heavy atom. The van der Waals surface area contributed by atoms with E-state index in [1.54, 1.807) is 13.3 Å². The summed E-state index contributed by atoms with van der Waals surface area (Å²) in [6, 6.07) is 12.0. The first-order valence-corrected chi connectivity index (χ1v) is 27.8. The van der Waals surface area contributed by atoms with E-state index in [1.807, 2.05) is 24.4 Å². The molecular formula is C42H80O6Sn. The van der Waals surface area contributed by atoms with Gasteiger partial charge in [0.15, 0.2) is 0 Å². The van der Waals surface area contributed by atoms with Gasteiger partial charge in [0.2, 0.25) is 0 Å². The normalized spacial score (nSPS) is 10.5. The Morgan fingerprint density at radius 1 is 0.408 bits per heavy atom. The summed E-state index contributed by atoms with van der Waals surface area (Å²) < 4.78 is 6.71. The van der Waals surface area contributed by atoms with Crippen LogP contribution in [0, 0.1) is 0 Å². The molecule has 0 unspecified atom stereocenters. The number of carboxylic acid groups (broad SMARTS) is 3. The van der Waals surface area contributed by atoms with Crippen molar-refractivity contribution in [2.24, 2.45) is 0 Å². The van der Waals surface area contributed by atoms with Crippen molar-refractivity contribution in [1.82, 2.24) is 0 Å². The van der Waals surface area contributed by atoms with E-state index in [2.05, 4.69) is 51.1 Å². The van der Waals surface area contributed by atoms with Gasteiger partial charge in [-0.05, 0) is 19.3 Å². The minimum absolute atomic E-state index is 0.292. The summed E-state index contributed by atoms with van der Waals surface area (Å²) in [5, 5.41) is 23.7. The molecule has 0 aliphatic rings. The van der Waals surface area contributed by atoms with Crippen molar-refractivity contribution in [3.05, 3.63) is 30.3 Å². The van der Waals surface area contributed by atoms with E-state index in [0.29, 0.717) is 19.3 Å². The van der Waals surface area contributed by atoms with Gasteiger partial charge < -0.3 is 15.3 Å². The third-order valence-electron chi connectivity index (χ3n) is 8.80. The van der Waals surface area contributed by atoms with Crippen molar-refractivity contribution < 1.29 is 29.7 Å². The van der Waals surface area contributed by atoms with Crippen molar-refractivity contribution in [1.29, 1.82) is 0 Å². The molecule has 1 rings (SSSR count). The molecule has 0 heterocycles. The number of hydrogen-bond donors (Lipinski definition) is 3. The first-order chi connectivity index (χ1) is 23.6. The molecule has 0 atom stereocenters. The standard InChI is InChI=1S/3C8H17.C6H5.3C4H8O2.Sn/c3*1-3-5-7-8-6-4-2;1-2-4-6-5-3-1;3*1-2-3-4(5)6;/h3*1,3-8H2,2H3;1-5H;3*2-3H2,1H3,(H,5,6);. The fourth-order valence-electron chi connectivity index (χ4n) is 5.97. The molecule has 7 heteroatoms.